The first-order chi connectivity index (χ1) is 8.79. The van der Waals surface area contributed by atoms with Gasteiger partial charge in [-0.2, -0.15) is 11.3 Å². The number of carbonyl (C=O) groups excluding carboxylic acids is 1. The number of hydrogen-bond acceptors (Lipinski definition) is 4. The number of nitrogens with one attached hydrogen (secondary N) is 1. The van der Waals surface area contributed by atoms with Crippen LogP contribution in [0.1, 0.15) is 10.4 Å². The normalized spacial score (nSPS) is 10.1. The lowest BCUT2D eigenvalue weighted by Crippen LogP contribution is -2.11. The Morgan fingerprint density at radius 1 is 1.28 bits per heavy atom. The Morgan fingerprint density at radius 3 is 2.67 bits per heavy atom. The number of rotatable bonds is 5. The number of nitrogens with two attached hydrogens (primary N) is 1. The summed E-state index contributed by atoms with van der Waals surface area (Å²) >= 11 is 1.50. The third kappa shape index (κ3) is 3.32. The minimum absolute atomic E-state index is 0.105. The molecule has 3 N–H and O–H groups in total. The Balaban J connectivity index is 1.96. The molecule has 1 amide bonds. The van der Waals surface area contributed by atoms with Gasteiger partial charge in [-0.3, -0.25) is 4.79 Å². The Hall–Kier alpha value is -1.85. The summed E-state index contributed by atoms with van der Waals surface area (Å²) in [6.07, 6.45) is 0. The van der Waals surface area contributed by atoms with E-state index in [2.05, 4.69) is 5.32 Å². The first kappa shape index (κ1) is 12.6. The molecule has 1 aromatic heterocycles. The molecule has 1 heterocycles. The number of carbonyl (C=O) groups is 1. The summed E-state index contributed by atoms with van der Waals surface area (Å²) in [6, 6.07) is 9.00. The number of hydrogen-bond donors (Lipinski definition) is 2. The minimum Gasteiger partial charge on any atom is -0.492 e. The monoisotopic (exact) mass is 262 g/mol. The number of ether oxygens (including phenoxy) is 1. The van der Waals surface area contributed by atoms with E-state index < -0.39 is 0 Å². The van der Waals surface area contributed by atoms with E-state index in [4.69, 9.17) is 10.5 Å². The highest BCUT2D eigenvalue weighted by molar-refractivity contribution is 7.08. The summed E-state index contributed by atoms with van der Waals surface area (Å²) in [6.45, 7) is 0.969. The van der Waals surface area contributed by atoms with Crippen molar-refractivity contribution in [2.75, 3.05) is 18.5 Å². The highest BCUT2D eigenvalue weighted by Crippen LogP contribution is 2.16. The first-order valence-corrected chi connectivity index (χ1v) is 6.50. The smallest absolute Gasteiger partial charge is 0.256 e. The predicted molar refractivity (Wildman–Crippen MR) is 73.3 cm³/mol. The van der Waals surface area contributed by atoms with Crippen LogP contribution in [0.4, 0.5) is 5.69 Å². The molecule has 0 saturated heterocycles. The average molecular weight is 262 g/mol. The van der Waals surface area contributed by atoms with E-state index in [1.807, 2.05) is 10.8 Å². The van der Waals surface area contributed by atoms with Crippen molar-refractivity contribution in [2.24, 2.45) is 5.73 Å². The summed E-state index contributed by atoms with van der Waals surface area (Å²) in [7, 11) is 0. The minimum atomic E-state index is -0.105. The van der Waals surface area contributed by atoms with Crippen molar-refractivity contribution >= 4 is 22.9 Å². The van der Waals surface area contributed by atoms with Crippen LogP contribution in [0.2, 0.25) is 0 Å². The molecule has 4 nitrogen and oxygen atoms in total. The van der Waals surface area contributed by atoms with Crippen molar-refractivity contribution in [1.82, 2.24) is 0 Å². The quantitative estimate of drug-likeness (QED) is 0.869. The zero-order valence-electron chi connectivity index (χ0n) is 9.76. The molecule has 0 atom stereocenters. The maximum atomic E-state index is 11.8. The van der Waals surface area contributed by atoms with Crippen LogP contribution in [0.3, 0.4) is 0 Å². The predicted octanol–water partition coefficient (Wildman–Crippen LogP) is 2.34. The van der Waals surface area contributed by atoms with Gasteiger partial charge in [0.15, 0.2) is 0 Å². The van der Waals surface area contributed by atoms with Crippen molar-refractivity contribution in [2.45, 2.75) is 0 Å². The van der Waals surface area contributed by atoms with Crippen LogP contribution in [0.25, 0.3) is 0 Å². The molecular formula is C13H14N2O2S. The summed E-state index contributed by atoms with van der Waals surface area (Å²) in [5.74, 6) is 0.640. The summed E-state index contributed by atoms with van der Waals surface area (Å²) in [5, 5.41) is 6.50. The van der Waals surface area contributed by atoms with Gasteiger partial charge in [-0.1, -0.05) is 0 Å². The fourth-order valence-electron chi connectivity index (χ4n) is 1.41. The average Bonchev–Trinajstić information content (AvgIpc) is 2.92. The molecule has 18 heavy (non-hydrogen) atoms. The van der Waals surface area contributed by atoms with E-state index in [0.717, 1.165) is 11.4 Å². The van der Waals surface area contributed by atoms with E-state index in [1.54, 1.807) is 30.3 Å². The molecule has 0 radical (unpaired) electrons. The maximum Gasteiger partial charge on any atom is 0.256 e. The molecule has 2 aromatic rings. The Morgan fingerprint density at radius 2 is 2.06 bits per heavy atom. The van der Waals surface area contributed by atoms with Crippen LogP contribution in [-0.2, 0) is 0 Å². The third-order valence-corrected chi connectivity index (χ3v) is 2.97. The lowest BCUT2D eigenvalue weighted by Gasteiger charge is -2.06. The van der Waals surface area contributed by atoms with Gasteiger partial charge in [-0.25, -0.2) is 0 Å². The van der Waals surface area contributed by atoms with Crippen LogP contribution in [0.15, 0.2) is 41.1 Å². The van der Waals surface area contributed by atoms with Gasteiger partial charge in [0.2, 0.25) is 0 Å². The second-order valence-corrected chi connectivity index (χ2v) is 4.41. The standard InChI is InChI=1S/C13H14N2O2S/c14-6-7-17-12-3-1-11(2-4-12)15-13(16)10-5-8-18-9-10/h1-5,8-9H,6-7,14H2,(H,15,16). The fourth-order valence-corrected chi connectivity index (χ4v) is 2.04. The van der Waals surface area contributed by atoms with Gasteiger partial charge in [0.1, 0.15) is 12.4 Å². The van der Waals surface area contributed by atoms with E-state index in [-0.39, 0.29) is 5.91 Å². The van der Waals surface area contributed by atoms with Crippen LogP contribution >= 0.6 is 11.3 Å². The van der Waals surface area contributed by atoms with Crippen molar-refractivity contribution in [3.63, 3.8) is 0 Å². The molecule has 5 heteroatoms. The third-order valence-electron chi connectivity index (χ3n) is 2.28. The van der Waals surface area contributed by atoms with Crippen LogP contribution < -0.4 is 15.8 Å². The Bertz CT molecular complexity index is 494. The summed E-state index contributed by atoms with van der Waals surface area (Å²) < 4.78 is 5.35. The molecule has 94 valence electrons. The van der Waals surface area contributed by atoms with E-state index in [0.29, 0.717) is 18.7 Å². The number of amides is 1. The first-order valence-electron chi connectivity index (χ1n) is 5.56. The Kier molecular flexibility index (Phi) is 4.33. The fraction of sp³-hybridized carbons (Fsp3) is 0.154. The van der Waals surface area contributed by atoms with Gasteiger partial charge in [-0.05, 0) is 35.7 Å². The summed E-state index contributed by atoms with van der Waals surface area (Å²) in [5.41, 5.74) is 6.76. The van der Waals surface area contributed by atoms with E-state index >= 15 is 0 Å². The molecule has 0 unspecified atom stereocenters. The molecule has 0 aliphatic rings. The zero-order valence-corrected chi connectivity index (χ0v) is 10.6. The molecule has 0 saturated carbocycles. The van der Waals surface area contributed by atoms with E-state index in [1.165, 1.54) is 11.3 Å². The van der Waals surface area contributed by atoms with Gasteiger partial charge >= 0.3 is 0 Å². The molecular weight excluding hydrogens is 248 g/mol. The molecule has 1 aromatic carbocycles. The molecule has 0 aliphatic heterocycles. The van der Waals surface area contributed by atoms with Gasteiger partial charge < -0.3 is 15.8 Å². The number of anilines is 1. The lowest BCUT2D eigenvalue weighted by molar-refractivity contribution is 0.102. The van der Waals surface area contributed by atoms with E-state index in [9.17, 15) is 4.79 Å². The molecule has 0 aliphatic carbocycles. The van der Waals surface area contributed by atoms with Crippen molar-refractivity contribution in [3.05, 3.63) is 46.7 Å². The van der Waals surface area contributed by atoms with Crippen LogP contribution in [0.5, 0.6) is 5.75 Å². The molecule has 0 spiro atoms. The topological polar surface area (TPSA) is 64.3 Å². The highest BCUT2D eigenvalue weighted by atomic mass is 32.1. The molecule has 0 fully saturated rings. The summed E-state index contributed by atoms with van der Waals surface area (Å²) in [4.78, 5) is 11.8. The zero-order chi connectivity index (χ0) is 12.8. The van der Waals surface area contributed by atoms with Gasteiger partial charge in [0, 0.05) is 17.6 Å². The molecule has 0 bridgehead atoms. The Labute approximate surface area is 109 Å². The van der Waals surface area contributed by atoms with Crippen LogP contribution in [-0.4, -0.2) is 19.1 Å². The van der Waals surface area contributed by atoms with Crippen molar-refractivity contribution < 1.29 is 9.53 Å². The SMILES string of the molecule is NCCOc1ccc(NC(=O)c2ccsc2)cc1. The van der Waals surface area contributed by atoms with Gasteiger partial charge in [0.25, 0.3) is 5.91 Å². The maximum absolute atomic E-state index is 11.8. The van der Waals surface area contributed by atoms with Crippen molar-refractivity contribution in [1.29, 1.82) is 0 Å². The second kappa shape index (κ2) is 6.18. The number of thiophene rings is 1. The molecule has 2 rings (SSSR count). The lowest BCUT2D eigenvalue weighted by atomic mass is 10.2. The largest absolute Gasteiger partial charge is 0.492 e. The van der Waals surface area contributed by atoms with Crippen LogP contribution in [0, 0.1) is 0 Å². The second-order valence-electron chi connectivity index (χ2n) is 3.63. The van der Waals surface area contributed by atoms with Gasteiger partial charge in [0.05, 0.1) is 5.56 Å². The number of benzene rings is 1. The highest BCUT2D eigenvalue weighted by Gasteiger charge is 2.05. The van der Waals surface area contributed by atoms with Gasteiger partial charge in [-0.15, -0.1) is 0 Å². The van der Waals surface area contributed by atoms with Crippen molar-refractivity contribution in [3.8, 4) is 5.75 Å².